The number of piperazine rings is 1. The van der Waals surface area contributed by atoms with Crippen LogP contribution in [-0.2, 0) is 19.1 Å². The Kier molecular flexibility index (Phi) is 12.5. The molecule has 0 aliphatic carbocycles. The first-order valence-electron chi connectivity index (χ1n) is 22.0. The van der Waals surface area contributed by atoms with E-state index in [1.165, 1.54) is 14.0 Å². The number of hydrogen-bond acceptors (Lipinski definition) is 9. The molecule has 0 spiro atoms. The Bertz CT molecular complexity index is 2940. The van der Waals surface area contributed by atoms with E-state index in [1.807, 2.05) is 66.7 Å². The van der Waals surface area contributed by atoms with Gasteiger partial charge in [0.15, 0.2) is 0 Å². The van der Waals surface area contributed by atoms with Crippen molar-refractivity contribution in [3.63, 3.8) is 0 Å². The van der Waals surface area contributed by atoms with E-state index < -0.39 is 30.3 Å². The zero-order valence-corrected chi connectivity index (χ0v) is 36.8. The molecule has 0 unspecified atom stereocenters. The summed E-state index contributed by atoms with van der Waals surface area (Å²) in [5, 5.41) is 15.5. The molecule has 5 N–H and O–H groups in total. The summed E-state index contributed by atoms with van der Waals surface area (Å²) in [7, 11) is 1.24. The average Bonchev–Trinajstić information content (AvgIpc) is 4.17. The number of carboxylic acid groups (broad SMARTS) is 1. The molecule has 340 valence electrons. The Morgan fingerprint density at radius 2 is 1.27 bits per heavy atom. The lowest BCUT2D eigenvalue weighted by Crippen LogP contribution is -2.54. The molecule has 2 aliphatic heterocycles. The maximum atomic E-state index is 14.2. The predicted molar refractivity (Wildman–Crippen MR) is 248 cm³/mol. The third-order valence-electron chi connectivity index (χ3n) is 12.4. The number of fused-ring (bicyclic) bond motifs is 1. The fourth-order valence-corrected chi connectivity index (χ4v) is 8.96. The number of aromatic nitrogens is 5. The van der Waals surface area contributed by atoms with Gasteiger partial charge in [-0.3, -0.25) is 14.4 Å². The molecule has 7 aromatic rings. The van der Waals surface area contributed by atoms with E-state index in [0.29, 0.717) is 42.3 Å². The van der Waals surface area contributed by atoms with E-state index in [1.54, 1.807) is 75.6 Å². The first kappa shape index (κ1) is 43.9. The zero-order chi connectivity index (χ0) is 46.6. The highest BCUT2D eigenvalue weighted by Crippen LogP contribution is 2.35. The molecule has 0 bridgehead atoms. The number of methoxy groups -OCH3 is 1. The summed E-state index contributed by atoms with van der Waals surface area (Å²) in [6.07, 6.45) is 2.91. The highest BCUT2D eigenvalue weighted by atomic mass is 16.5. The minimum atomic E-state index is -1.27. The Hall–Kier alpha value is -8.34. The molecule has 4 aromatic carbocycles. The van der Waals surface area contributed by atoms with Crippen LogP contribution in [0.4, 0.5) is 9.59 Å². The maximum absolute atomic E-state index is 14.2. The van der Waals surface area contributed by atoms with Gasteiger partial charge in [-0.05, 0) is 47.7 Å². The van der Waals surface area contributed by atoms with E-state index in [0.717, 1.165) is 51.1 Å². The van der Waals surface area contributed by atoms with Crippen LogP contribution in [0.2, 0.25) is 0 Å². The van der Waals surface area contributed by atoms with Gasteiger partial charge in [0, 0.05) is 49.6 Å². The Morgan fingerprint density at radius 1 is 0.687 bits per heavy atom. The third kappa shape index (κ3) is 9.29. The van der Waals surface area contributed by atoms with Crippen LogP contribution in [0.1, 0.15) is 66.7 Å². The molecule has 0 saturated carbocycles. The lowest BCUT2D eigenvalue weighted by molar-refractivity contribution is -0.144. The van der Waals surface area contributed by atoms with E-state index in [-0.39, 0.29) is 36.9 Å². The van der Waals surface area contributed by atoms with E-state index in [2.05, 4.69) is 25.6 Å². The number of nitrogens with one attached hydrogen (secondary N) is 4. The summed E-state index contributed by atoms with van der Waals surface area (Å²) < 4.78 is 4.85. The van der Waals surface area contributed by atoms with Crippen LogP contribution in [0, 0.1) is 0 Å². The number of nitrogens with zero attached hydrogens (tertiary/aromatic N) is 6. The van der Waals surface area contributed by atoms with Gasteiger partial charge < -0.3 is 45.1 Å². The topological polar surface area (TPSA) is 219 Å². The molecule has 2 fully saturated rings. The SMILES string of the molecule is COC(=O)N[C@@H](C(=O)N1CCN(C(C)=O)C[C@H]1c1ncc(-c2ccc(-c3ccc4cc(-c5cnc([C@@H]6CCCN6C(=O)[C@H](NC(=O)O)c6ccccc6)[nH]5)ccc4n3)cc2)[nH]1)c1ccccc1. The van der Waals surface area contributed by atoms with Gasteiger partial charge in [0.25, 0.3) is 11.8 Å². The van der Waals surface area contributed by atoms with Gasteiger partial charge in [-0.2, -0.15) is 0 Å². The molecule has 67 heavy (non-hydrogen) atoms. The smallest absolute Gasteiger partial charge is 0.407 e. The second-order valence-corrected chi connectivity index (χ2v) is 16.5. The molecule has 9 rings (SSSR count). The highest BCUT2D eigenvalue weighted by Gasteiger charge is 2.39. The maximum Gasteiger partial charge on any atom is 0.407 e. The number of alkyl carbamates (subject to hydrolysis) is 1. The second-order valence-electron chi connectivity index (χ2n) is 16.5. The summed E-state index contributed by atoms with van der Waals surface area (Å²) >= 11 is 0. The Balaban J connectivity index is 0.900. The lowest BCUT2D eigenvalue weighted by atomic mass is 10.0. The molecular formula is C50H48N10O7. The Labute approximate surface area is 385 Å². The number of likely N-dealkylation sites (tertiary alicyclic amines) is 1. The van der Waals surface area contributed by atoms with Gasteiger partial charge in [0.05, 0.1) is 48.1 Å². The molecule has 5 amide bonds. The number of pyridine rings is 1. The summed E-state index contributed by atoms with van der Waals surface area (Å²) in [5.74, 6) is 0.353. The normalized spacial score (nSPS) is 16.9. The van der Waals surface area contributed by atoms with Crippen molar-refractivity contribution in [2.24, 2.45) is 0 Å². The van der Waals surface area contributed by atoms with Crippen LogP contribution in [0.25, 0.3) is 44.7 Å². The third-order valence-corrected chi connectivity index (χ3v) is 12.4. The van der Waals surface area contributed by atoms with Crippen molar-refractivity contribution in [1.29, 1.82) is 0 Å². The van der Waals surface area contributed by atoms with Crippen molar-refractivity contribution in [2.75, 3.05) is 33.3 Å². The molecule has 5 heterocycles. The molecular weight excluding hydrogens is 853 g/mol. The van der Waals surface area contributed by atoms with Crippen molar-refractivity contribution in [3.05, 3.63) is 150 Å². The van der Waals surface area contributed by atoms with Crippen LogP contribution in [0.15, 0.2) is 128 Å². The minimum absolute atomic E-state index is 0.114. The van der Waals surface area contributed by atoms with Crippen molar-refractivity contribution in [3.8, 4) is 33.8 Å². The molecule has 4 atom stereocenters. The molecule has 0 radical (unpaired) electrons. The quantitative estimate of drug-likeness (QED) is 0.0881. The van der Waals surface area contributed by atoms with Gasteiger partial charge in [0.1, 0.15) is 29.8 Å². The van der Waals surface area contributed by atoms with Crippen molar-refractivity contribution in [1.82, 2.24) is 50.3 Å². The molecule has 3 aromatic heterocycles. The van der Waals surface area contributed by atoms with Crippen molar-refractivity contribution in [2.45, 2.75) is 43.9 Å². The number of ether oxygens (including phenoxy) is 1. The molecule has 2 saturated heterocycles. The van der Waals surface area contributed by atoms with Gasteiger partial charge in [-0.15, -0.1) is 0 Å². The summed E-state index contributed by atoms with van der Waals surface area (Å²) in [4.78, 5) is 90.9. The van der Waals surface area contributed by atoms with Crippen LogP contribution in [0.3, 0.4) is 0 Å². The van der Waals surface area contributed by atoms with Gasteiger partial charge >= 0.3 is 12.2 Å². The predicted octanol–water partition coefficient (Wildman–Crippen LogP) is 7.18. The minimum Gasteiger partial charge on any atom is -0.465 e. The lowest BCUT2D eigenvalue weighted by Gasteiger charge is -2.41. The summed E-state index contributed by atoms with van der Waals surface area (Å²) in [5.41, 5.74) is 6.93. The van der Waals surface area contributed by atoms with Crippen molar-refractivity contribution < 1.29 is 33.8 Å². The van der Waals surface area contributed by atoms with E-state index in [9.17, 15) is 29.1 Å². The largest absolute Gasteiger partial charge is 0.465 e. The first-order valence-corrected chi connectivity index (χ1v) is 22.0. The first-order chi connectivity index (χ1) is 32.5. The van der Waals surface area contributed by atoms with Crippen LogP contribution < -0.4 is 10.6 Å². The number of hydrogen-bond donors (Lipinski definition) is 5. The number of aromatic amines is 2. The number of H-pyrrole nitrogens is 2. The van der Waals surface area contributed by atoms with Gasteiger partial charge in [0.2, 0.25) is 5.91 Å². The number of carbonyl (C=O) groups is 5. The average molecular weight is 901 g/mol. The molecule has 17 nitrogen and oxygen atoms in total. The van der Waals surface area contributed by atoms with E-state index >= 15 is 0 Å². The number of rotatable bonds is 11. The van der Waals surface area contributed by atoms with Gasteiger partial charge in [-0.1, -0.05) is 97.1 Å². The van der Waals surface area contributed by atoms with Crippen LogP contribution in [-0.4, -0.2) is 108 Å². The fourth-order valence-electron chi connectivity index (χ4n) is 8.96. The second kappa shape index (κ2) is 19.0. The standard InChI is InChI=1S/C50H48N10O7/c1-30(61)58-24-25-60(48(63)44(57-50(66)67-2)34-12-7-4-8-13-34)42(29-58)46-52-27-39(54-46)32-17-15-31(16-18-32)37-21-19-35-26-36(20-22-38(35)53-37)40-28-51-45(55-40)41-14-9-23-59(41)47(62)43(56-49(64)65)33-10-5-3-6-11-33/h3-8,10-13,15-22,26-28,41-44,56H,9,14,23-25,29H2,1-2H3,(H,51,55)(H,52,54)(H,57,66)(H,64,65)/t41-,42-,43+,44+/m0/s1. The monoisotopic (exact) mass is 900 g/mol. The van der Waals surface area contributed by atoms with E-state index in [4.69, 9.17) is 14.7 Å². The van der Waals surface area contributed by atoms with Gasteiger partial charge in [-0.25, -0.2) is 24.5 Å². The number of imidazole rings is 2. The fraction of sp³-hybridized carbons (Fsp3) is 0.240. The Morgan fingerprint density at radius 3 is 1.90 bits per heavy atom. The summed E-state index contributed by atoms with van der Waals surface area (Å²) in [6, 6.07) is 32.7. The number of amides is 5. The molecule has 2 aliphatic rings. The highest BCUT2D eigenvalue weighted by molar-refractivity contribution is 5.89. The van der Waals surface area contributed by atoms with Crippen LogP contribution >= 0.6 is 0 Å². The van der Waals surface area contributed by atoms with Crippen molar-refractivity contribution >= 4 is 40.8 Å². The number of benzene rings is 4. The molecule has 17 heteroatoms. The summed E-state index contributed by atoms with van der Waals surface area (Å²) in [6.45, 7) is 2.78. The zero-order valence-electron chi connectivity index (χ0n) is 36.8. The van der Waals surface area contributed by atoms with Crippen LogP contribution in [0.5, 0.6) is 0 Å². The number of carbonyl (C=O) groups excluding carboxylic acids is 4.